The number of nitrogens with zero attached hydrogens (tertiary/aromatic N) is 2. The fourth-order valence-electron chi connectivity index (χ4n) is 2.44. The Bertz CT molecular complexity index is 692. The summed E-state index contributed by atoms with van der Waals surface area (Å²) in [7, 11) is -3.62. The lowest BCUT2D eigenvalue weighted by Gasteiger charge is -2.27. The number of aliphatic imine (C=N–C) groups is 1. The third-order valence-electron chi connectivity index (χ3n) is 3.75. The molecule has 1 heterocycles. The second-order valence-electron chi connectivity index (χ2n) is 5.33. The number of carboxylic acids is 1. The number of hydrogen-bond donors (Lipinski definition) is 1. The van der Waals surface area contributed by atoms with Crippen molar-refractivity contribution in [1.29, 1.82) is 0 Å². The van der Waals surface area contributed by atoms with Crippen molar-refractivity contribution >= 4 is 28.0 Å². The lowest BCUT2D eigenvalue weighted by atomic mass is 10.0. The minimum atomic E-state index is -3.62. The van der Waals surface area contributed by atoms with Crippen LogP contribution in [0.25, 0.3) is 0 Å². The number of fused-ring (bicyclic) bond motifs is 1. The highest BCUT2D eigenvalue weighted by atomic mass is 32.2. The van der Waals surface area contributed by atoms with E-state index in [2.05, 4.69) is 4.99 Å². The normalized spacial score (nSPS) is 21.3. The number of para-hydroxylation sites is 1. The number of sulfonamides is 1. The summed E-state index contributed by atoms with van der Waals surface area (Å²) in [6.07, 6.45) is 2.76. The van der Waals surface area contributed by atoms with Crippen LogP contribution in [-0.2, 0) is 14.8 Å². The quantitative estimate of drug-likeness (QED) is 0.913. The summed E-state index contributed by atoms with van der Waals surface area (Å²) in [5.41, 5.74) is -0.0103. The number of rotatable bonds is 4. The predicted molar refractivity (Wildman–Crippen MR) is 72.4 cm³/mol. The van der Waals surface area contributed by atoms with Gasteiger partial charge in [-0.1, -0.05) is 12.1 Å². The molecule has 1 saturated carbocycles. The molecular weight excluding hydrogens is 280 g/mol. The smallest absolute Gasteiger partial charge is 0.303 e. The van der Waals surface area contributed by atoms with Crippen molar-refractivity contribution in [3.63, 3.8) is 0 Å². The van der Waals surface area contributed by atoms with Gasteiger partial charge in [0.05, 0.1) is 12.1 Å². The van der Waals surface area contributed by atoms with E-state index in [0.29, 0.717) is 5.69 Å². The Balaban J connectivity index is 1.89. The van der Waals surface area contributed by atoms with Crippen molar-refractivity contribution in [3.05, 3.63) is 24.3 Å². The molecule has 0 amide bonds. The predicted octanol–water partition coefficient (Wildman–Crippen LogP) is 1.61. The maximum atomic E-state index is 12.5. The van der Waals surface area contributed by atoms with Crippen molar-refractivity contribution in [3.8, 4) is 0 Å². The van der Waals surface area contributed by atoms with Crippen LogP contribution in [0.15, 0.2) is 34.2 Å². The molecule has 2 aliphatic rings. The first-order chi connectivity index (χ1) is 9.43. The minimum absolute atomic E-state index is 0.00545. The fraction of sp³-hybridized carbons (Fsp3) is 0.385. The number of carboxylic acid groups (broad SMARTS) is 1. The fourth-order valence-corrected chi connectivity index (χ4v) is 3.94. The molecule has 0 radical (unpaired) electrons. The minimum Gasteiger partial charge on any atom is -0.481 e. The van der Waals surface area contributed by atoms with Crippen molar-refractivity contribution in [2.24, 2.45) is 10.4 Å². The maximum absolute atomic E-state index is 12.5. The van der Waals surface area contributed by atoms with E-state index >= 15 is 0 Å². The van der Waals surface area contributed by atoms with Gasteiger partial charge in [0.15, 0.2) is 0 Å². The van der Waals surface area contributed by atoms with Crippen LogP contribution < -0.4 is 0 Å². The van der Waals surface area contributed by atoms with E-state index in [-0.39, 0.29) is 17.9 Å². The Morgan fingerprint density at radius 1 is 1.35 bits per heavy atom. The molecule has 3 rings (SSSR count). The van der Waals surface area contributed by atoms with Gasteiger partial charge in [-0.05, 0) is 30.4 Å². The van der Waals surface area contributed by atoms with Gasteiger partial charge in [-0.3, -0.25) is 9.10 Å². The van der Waals surface area contributed by atoms with Crippen LogP contribution in [0.1, 0.15) is 19.3 Å². The Hall–Kier alpha value is -1.89. The van der Waals surface area contributed by atoms with Gasteiger partial charge in [0.1, 0.15) is 11.2 Å². The highest BCUT2D eigenvalue weighted by Gasteiger charge is 2.47. The first kappa shape index (κ1) is 13.1. The Kier molecular flexibility index (Phi) is 2.82. The van der Waals surface area contributed by atoms with Gasteiger partial charge in [-0.15, -0.1) is 0 Å². The average Bonchev–Trinajstić information content (AvgIpc) is 3.12. The first-order valence-corrected chi connectivity index (χ1v) is 7.74. The molecule has 0 atom stereocenters. The Labute approximate surface area is 116 Å². The van der Waals surface area contributed by atoms with Crippen LogP contribution in [0, 0.1) is 5.41 Å². The topological polar surface area (TPSA) is 87.0 Å². The number of benzene rings is 1. The highest BCUT2D eigenvalue weighted by Crippen LogP contribution is 2.50. The van der Waals surface area contributed by atoms with Gasteiger partial charge in [0, 0.05) is 6.54 Å². The Morgan fingerprint density at radius 2 is 2.05 bits per heavy atom. The molecule has 0 bridgehead atoms. The number of hydrogen-bond acceptors (Lipinski definition) is 4. The molecule has 0 saturated heterocycles. The highest BCUT2D eigenvalue weighted by molar-refractivity contribution is 7.89. The molecule has 1 N–H and O–H groups in total. The van der Waals surface area contributed by atoms with Crippen molar-refractivity contribution in [2.45, 2.75) is 24.2 Å². The average molecular weight is 294 g/mol. The van der Waals surface area contributed by atoms with E-state index in [1.807, 2.05) is 0 Å². The van der Waals surface area contributed by atoms with E-state index in [1.54, 1.807) is 18.2 Å². The van der Waals surface area contributed by atoms with Gasteiger partial charge in [-0.2, -0.15) is 0 Å². The largest absolute Gasteiger partial charge is 0.481 e. The third-order valence-corrected chi connectivity index (χ3v) is 5.49. The molecule has 106 valence electrons. The summed E-state index contributed by atoms with van der Waals surface area (Å²) in [4.78, 5) is 15.2. The molecule has 7 heteroatoms. The molecule has 20 heavy (non-hydrogen) atoms. The lowest BCUT2D eigenvalue weighted by Crippen LogP contribution is -2.37. The molecule has 1 aliphatic carbocycles. The van der Waals surface area contributed by atoms with Gasteiger partial charge in [0.25, 0.3) is 10.0 Å². The van der Waals surface area contributed by atoms with E-state index in [9.17, 15) is 13.2 Å². The number of carbonyl (C=O) groups is 1. The Morgan fingerprint density at radius 3 is 2.70 bits per heavy atom. The van der Waals surface area contributed by atoms with Gasteiger partial charge in [-0.25, -0.2) is 13.4 Å². The molecular formula is C13H14N2O4S. The maximum Gasteiger partial charge on any atom is 0.303 e. The van der Waals surface area contributed by atoms with E-state index in [1.165, 1.54) is 16.7 Å². The summed E-state index contributed by atoms with van der Waals surface area (Å²) in [6, 6.07) is 6.55. The van der Waals surface area contributed by atoms with Crippen molar-refractivity contribution in [2.75, 3.05) is 6.54 Å². The van der Waals surface area contributed by atoms with Crippen LogP contribution in [-0.4, -0.2) is 36.7 Å². The van der Waals surface area contributed by atoms with Crippen molar-refractivity contribution in [1.82, 2.24) is 4.31 Å². The zero-order valence-electron chi connectivity index (χ0n) is 10.7. The van der Waals surface area contributed by atoms with Crippen molar-refractivity contribution < 1.29 is 18.3 Å². The second kappa shape index (κ2) is 4.31. The van der Waals surface area contributed by atoms with Crippen LogP contribution >= 0.6 is 0 Å². The lowest BCUT2D eigenvalue weighted by molar-refractivity contribution is -0.138. The summed E-state index contributed by atoms with van der Waals surface area (Å²) >= 11 is 0. The summed E-state index contributed by atoms with van der Waals surface area (Å²) in [5.74, 6) is -0.894. The first-order valence-electron chi connectivity index (χ1n) is 6.30. The van der Waals surface area contributed by atoms with Crippen LogP contribution in [0.4, 0.5) is 5.69 Å². The van der Waals surface area contributed by atoms with Crippen LogP contribution in [0.3, 0.4) is 0 Å². The van der Waals surface area contributed by atoms with Crippen LogP contribution in [0.2, 0.25) is 0 Å². The molecule has 1 aliphatic heterocycles. The third kappa shape index (κ3) is 2.18. The van der Waals surface area contributed by atoms with Gasteiger partial charge < -0.3 is 5.11 Å². The zero-order chi connectivity index (χ0) is 14.4. The van der Waals surface area contributed by atoms with E-state index < -0.39 is 21.4 Å². The van der Waals surface area contributed by atoms with E-state index in [4.69, 9.17) is 5.11 Å². The standard InChI is InChI=1S/C13H14N2O4S/c16-12(17)7-13(5-6-13)8-15-9-14-10-3-1-2-4-11(10)20(15,18)19/h1-4,9H,5-8H2,(H,16,17). The summed E-state index contributed by atoms with van der Waals surface area (Å²) < 4.78 is 26.1. The molecule has 1 aromatic rings. The summed E-state index contributed by atoms with van der Waals surface area (Å²) in [6.45, 7) is 0.180. The molecule has 1 aromatic carbocycles. The molecule has 1 fully saturated rings. The van der Waals surface area contributed by atoms with Gasteiger partial charge in [0.2, 0.25) is 0 Å². The monoisotopic (exact) mass is 294 g/mol. The SMILES string of the molecule is O=C(O)CC1(CN2C=Nc3ccccc3S2(=O)=O)CC1. The van der Waals surface area contributed by atoms with E-state index in [0.717, 1.165) is 12.8 Å². The zero-order valence-corrected chi connectivity index (χ0v) is 11.5. The molecule has 6 nitrogen and oxygen atoms in total. The van der Waals surface area contributed by atoms with Gasteiger partial charge >= 0.3 is 5.97 Å². The van der Waals surface area contributed by atoms with Crippen LogP contribution in [0.5, 0.6) is 0 Å². The second-order valence-corrected chi connectivity index (χ2v) is 7.19. The molecule has 0 unspecified atom stereocenters. The molecule has 0 spiro atoms. The molecule has 0 aromatic heterocycles. The number of aliphatic carboxylic acids is 1. The summed E-state index contributed by atoms with van der Waals surface area (Å²) in [5, 5.41) is 8.90.